The second-order valence-corrected chi connectivity index (χ2v) is 18.0. The van der Waals surface area contributed by atoms with Gasteiger partial charge in [0, 0.05) is 6.42 Å². The van der Waals surface area contributed by atoms with Crippen LogP contribution >= 0.6 is 0 Å². The van der Waals surface area contributed by atoms with E-state index in [-0.39, 0.29) is 12.5 Å². The van der Waals surface area contributed by atoms with Crippen molar-refractivity contribution in [1.82, 2.24) is 5.32 Å². The van der Waals surface area contributed by atoms with E-state index in [9.17, 15) is 30.3 Å². The Morgan fingerprint density at radius 3 is 1.22 bits per heavy atom. The second kappa shape index (κ2) is 40.3. The molecule has 7 atom stereocenters. The number of hydrogen-bond acceptors (Lipinski definition) is 8. The molecule has 9 heteroatoms. The molecule has 9 nitrogen and oxygen atoms in total. The molecule has 1 rings (SSSR count). The SMILES string of the molecule is CCCCCCCCCCCCCCCCCCCCCCC(=O)N[C@@H](CO[C@@H]1O[C@H](CO)[C@H](O)C(O)C1O)[C@H](O)CCCCCCCCCCCCCCCCC. The van der Waals surface area contributed by atoms with E-state index in [1.807, 2.05) is 0 Å². The van der Waals surface area contributed by atoms with Gasteiger partial charge in [0.15, 0.2) is 6.29 Å². The average Bonchev–Trinajstić information content (AvgIpc) is 3.22. The molecule has 1 amide bonds. The number of aliphatic hydroxyl groups excluding tert-OH is 5. The molecule has 2 unspecified atom stereocenters. The van der Waals surface area contributed by atoms with Gasteiger partial charge in [-0.2, -0.15) is 0 Å². The third-order valence-electron chi connectivity index (χ3n) is 12.5. The number of carbonyl (C=O) groups is 1. The number of unbranched alkanes of at least 4 members (excludes halogenated alkanes) is 33. The van der Waals surface area contributed by atoms with Crippen LogP contribution in [0.25, 0.3) is 0 Å². The summed E-state index contributed by atoms with van der Waals surface area (Å²) in [7, 11) is 0. The molecule has 0 aliphatic carbocycles. The Labute approximate surface area is 357 Å². The first-order valence-corrected chi connectivity index (χ1v) is 25.2. The summed E-state index contributed by atoms with van der Waals surface area (Å²) in [5.41, 5.74) is 0. The Morgan fingerprint density at radius 1 is 0.517 bits per heavy atom. The summed E-state index contributed by atoms with van der Waals surface area (Å²) in [4.78, 5) is 13.0. The maximum atomic E-state index is 13.0. The minimum atomic E-state index is -1.55. The van der Waals surface area contributed by atoms with Crippen molar-refractivity contribution < 1.29 is 39.8 Å². The lowest BCUT2D eigenvalue weighted by Gasteiger charge is -2.40. The van der Waals surface area contributed by atoms with Crippen LogP contribution in [-0.4, -0.2) is 87.5 Å². The molecule has 0 aromatic rings. The van der Waals surface area contributed by atoms with E-state index in [0.717, 1.165) is 38.5 Å². The Hall–Kier alpha value is -0.810. The lowest BCUT2D eigenvalue weighted by Crippen LogP contribution is -2.60. The molecule has 1 aliphatic heterocycles. The van der Waals surface area contributed by atoms with Gasteiger partial charge in [0.05, 0.1) is 25.4 Å². The Kier molecular flexibility index (Phi) is 38.3. The molecular formula is C49H97NO8. The lowest BCUT2D eigenvalue weighted by molar-refractivity contribution is -0.302. The molecule has 1 aliphatic rings. The highest BCUT2D eigenvalue weighted by molar-refractivity contribution is 5.76. The maximum Gasteiger partial charge on any atom is 0.220 e. The lowest BCUT2D eigenvalue weighted by atomic mass is 9.99. The molecule has 0 saturated carbocycles. The highest BCUT2D eigenvalue weighted by atomic mass is 16.7. The molecule has 0 radical (unpaired) electrons. The van der Waals surface area contributed by atoms with Crippen LogP contribution in [0, 0.1) is 0 Å². The van der Waals surface area contributed by atoms with E-state index in [1.54, 1.807) is 0 Å². The molecule has 1 saturated heterocycles. The molecule has 0 spiro atoms. The van der Waals surface area contributed by atoms with E-state index in [2.05, 4.69) is 19.2 Å². The first kappa shape index (κ1) is 55.2. The third kappa shape index (κ3) is 30.3. The van der Waals surface area contributed by atoms with E-state index < -0.39 is 49.5 Å². The highest BCUT2D eigenvalue weighted by Crippen LogP contribution is 2.23. The molecule has 1 fully saturated rings. The number of amides is 1. The number of aliphatic hydroxyl groups is 5. The van der Waals surface area contributed by atoms with Gasteiger partial charge in [-0.1, -0.05) is 232 Å². The molecule has 0 bridgehead atoms. The largest absolute Gasteiger partial charge is 0.394 e. The minimum Gasteiger partial charge on any atom is -0.394 e. The smallest absolute Gasteiger partial charge is 0.220 e. The highest BCUT2D eigenvalue weighted by Gasteiger charge is 2.44. The van der Waals surface area contributed by atoms with Crippen LogP contribution < -0.4 is 5.32 Å². The second-order valence-electron chi connectivity index (χ2n) is 18.0. The Morgan fingerprint density at radius 2 is 0.862 bits per heavy atom. The average molecular weight is 828 g/mol. The summed E-state index contributed by atoms with van der Waals surface area (Å²) in [5, 5.41) is 54.5. The van der Waals surface area contributed by atoms with Crippen molar-refractivity contribution in [1.29, 1.82) is 0 Å². The van der Waals surface area contributed by atoms with Gasteiger partial charge >= 0.3 is 0 Å². The van der Waals surface area contributed by atoms with Gasteiger partial charge in [-0.05, 0) is 12.8 Å². The van der Waals surface area contributed by atoms with Crippen molar-refractivity contribution in [3.05, 3.63) is 0 Å². The molecule has 0 aromatic heterocycles. The summed E-state index contributed by atoms with van der Waals surface area (Å²) < 4.78 is 11.3. The first-order valence-electron chi connectivity index (χ1n) is 25.2. The topological polar surface area (TPSA) is 149 Å². The van der Waals surface area contributed by atoms with Gasteiger partial charge in [0.25, 0.3) is 0 Å². The van der Waals surface area contributed by atoms with Crippen LogP contribution in [0.1, 0.15) is 251 Å². The molecule has 6 N–H and O–H groups in total. The quantitative estimate of drug-likeness (QED) is 0.0333. The Balaban J connectivity index is 2.25. The van der Waals surface area contributed by atoms with Crippen LogP contribution in [0.15, 0.2) is 0 Å². The predicted molar refractivity (Wildman–Crippen MR) is 240 cm³/mol. The minimum absolute atomic E-state index is 0.131. The van der Waals surface area contributed by atoms with Crippen LogP contribution in [0.5, 0.6) is 0 Å². The zero-order chi connectivity index (χ0) is 42.3. The van der Waals surface area contributed by atoms with E-state index in [1.165, 1.54) is 186 Å². The maximum absolute atomic E-state index is 13.0. The molecular weight excluding hydrogens is 731 g/mol. The van der Waals surface area contributed by atoms with Crippen molar-refractivity contribution in [2.45, 2.75) is 294 Å². The molecule has 58 heavy (non-hydrogen) atoms. The fourth-order valence-corrected chi connectivity index (χ4v) is 8.40. The number of ether oxygens (including phenoxy) is 2. The fourth-order valence-electron chi connectivity index (χ4n) is 8.40. The van der Waals surface area contributed by atoms with Gasteiger partial charge in [-0.3, -0.25) is 4.79 Å². The van der Waals surface area contributed by atoms with E-state index in [4.69, 9.17) is 9.47 Å². The van der Waals surface area contributed by atoms with Gasteiger partial charge in [-0.25, -0.2) is 0 Å². The summed E-state index contributed by atoms with van der Waals surface area (Å²) in [6.07, 6.45) is 38.2. The summed E-state index contributed by atoms with van der Waals surface area (Å²) in [6, 6.07) is -0.711. The normalized spacial score (nSPS) is 20.7. The van der Waals surface area contributed by atoms with Gasteiger partial charge in [0.1, 0.15) is 24.4 Å². The summed E-state index contributed by atoms with van der Waals surface area (Å²) in [5.74, 6) is -0.139. The van der Waals surface area contributed by atoms with Crippen LogP contribution in [0.3, 0.4) is 0 Å². The zero-order valence-corrected chi connectivity index (χ0v) is 38.1. The number of hydrogen-bond donors (Lipinski definition) is 6. The molecule has 0 aromatic carbocycles. The fraction of sp³-hybridized carbons (Fsp3) is 0.980. The standard InChI is InChI=1S/C49H97NO8/c1-3-5-7-9-11-13-15-17-19-20-21-22-23-25-27-29-31-33-35-37-39-45(53)50-42(41-57-49-48(56)47(55)46(54)44(40-51)58-49)43(52)38-36-34-32-30-28-26-24-18-16-14-12-10-8-6-4-2/h42-44,46-49,51-52,54-56H,3-41H2,1-2H3,(H,50,53)/t42-,43+,44+,46-,47?,48?,49+/m0/s1. The first-order chi connectivity index (χ1) is 28.3. The zero-order valence-electron chi connectivity index (χ0n) is 38.1. The predicted octanol–water partition coefficient (Wildman–Crippen LogP) is 11.1. The number of rotatable bonds is 43. The molecule has 1 heterocycles. The Bertz CT molecular complexity index is 878. The van der Waals surface area contributed by atoms with Crippen molar-refractivity contribution >= 4 is 5.91 Å². The summed E-state index contributed by atoms with van der Waals surface area (Å²) in [6.45, 7) is 3.86. The van der Waals surface area contributed by atoms with Crippen molar-refractivity contribution in [2.75, 3.05) is 13.2 Å². The monoisotopic (exact) mass is 828 g/mol. The van der Waals surface area contributed by atoms with Crippen molar-refractivity contribution in [3.8, 4) is 0 Å². The van der Waals surface area contributed by atoms with Gasteiger partial charge < -0.3 is 40.3 Å². The molecule has 346 valence electrons. The number of nitrogens with one attached hydrogen (secondary N) is 1. The van der Waals surface area contributed by atoms with Crippen LogP contribution in [0.4, 0.5) is 0 Å². The third-order valence-corrected chi connectivity index (χ3v) is 12.5. The number of carbonyl (C=O) groups excluding carboxylic acids is 1. The van der Waals surface area contributed by atoms with Gasteiger partial charge in [-0.15, -0.1) is 0 Å². The van der Waals surface area contributed by atoms with Crippen molar-refractivity contribution in [2.24, 2.45) is 0 Å². The van der Waals surface area contributed by atoms with E-state index >= 15 is 0 Å². The van der Waals surface area contributed by atoms with Crippen molar-refractivity contribution in [3.63, 3.8) is 0 Å². The van der Waals surface area contributed by atoms with Crippen LogP contribution in [-0.2, 0) is 14.3 Å². The van der Waals surface area contributed by atoms with Gasteiger partial charge in [0.2, 0.25) is 5.91 Å². The van der Waals surface area contributed by atoms with E-state index in [0.29, 0.717) is 12.8 Å². The summed E-state index contributed by atoms with van der Waals surface area (Å²) >= 11 is 0. The van der Waals surface area contributed by atoms with Crippen LogP contribution in [0.2, 0.25) is 0 Å².